The van der Waals surface area contributed by atoms with E-state index in [1.807, 2.05) is 0 Å². The lowest BCUT2D eigenvalue weighted by Crippen LogP contribution is -2.43. The zero-order valence-corrected chi connectivity index (χ0v) is 7.16. The van der Waals surface area contributed by atoms with Crippen LogP contribution in [0.3, 0.4) is 0 Å². The summed E-state index contributed by atoms with van der Waals surface area (Å²) in [4.78, 5) is 21.4. The summed E-state index contributed by atoms with van der Waals surface area (Å²) >= 11 is 0. The highest BCUT2D eigenvalue weighted by Gasteiger charge is 2.18. The Labute approximate surface area is 70.7 Å². The molecule has 5 heteroatoms. The lowest BCUT2D eigenvalue weighted by molar-refractivity contribution is -0.148. The van der Waals surface area contributed by atoms with Gasteiger partial charge in [0.1, 0.15) is 0 Å². The molecule has 2 N–H and O–H groups in total. The number of hydrogen-bond acceptors (Lipinski definition) is 4. The van der Waals surface area contributed by atoms with Crippen LogP contribution in [-0.4, -0.2) is 36.2 Å². The zero-order chi connectivity index (χ0) is 9.56. The van der Waals surface area contributed by atoms with E-state index in [0.29, 0.717) is 0 Å². The molecule has 70 valence electrons. The molecule has 0 aromatic carbocycles. The van der Waals surface area contributed by atoms with Crippen LogP contribution < -0.4 is 5.32 Å². The maximum Gasteiger partial charge on any atom is 0.331 e. The molecule has 5 nitrogen and oxygen atoms in total. The number of aliphatic hydroxyl groups is 1. The smallest absolute Gasteiger partial charge is 0.331 e. The summed E-state index contributed by atoms with van der Waals surface area (Å²) in [7, 11) is 0. The SMILES string of the molecule is CCOC(=O)[C@H](CO)NC(C)=O. The molecule has 0 spiro atoms. The van der Waals surface area contributed by atoms with Crippen LogP contribution in [0.1, 0.15) is 13.8 Å². The van der Waals surface area contributed by atoms with Gasteiger partial charge in [-0.2, -0.15) is 0 Å². The van der Waals surface area contributed by atoms with Crippen LogP contribution in [0.4, 0.5) is 0 Å². The van der Waals surface area contributed by atoms with Gasteiger partial charge in [0.05, 0.1) is 13.2 Å². The molecule has 0 heterocycles. The van der Waals surface area contributed by atoms with E-state index in [4.69, 9.17) is 5.11 Å². The van der Waals surface area contributed by atoms with Crippen LogP contribution in [0.25, 0.3) is 0 Å². The average Bonchev–Trinajstić information content (AvgIpc) is 2.00. The number of hydrogen-bond donors (Lipinski definition) is 2. The third-order valence-corrected chi connectivity index (χ3v) is 1.13. The Balaban J connectivity index is 3.96. The fraction of sp³-hybridized carbons (Fsp3) is 0.714. The fourth-order valence-electron chi connectivity index (χ4n) is 0.667. The first-order valence-corrected chi connectivity index (χ1v) is 3.66. The van der Waals surface area contributed by atoms with Gasteiger partial charge in [0.15, 0.2) is 6.04 Å². The van der Waals surface area contributed by atoms with Crippen molar-refractivity contribution in [1.29, 1.82) is 0 Å². The first-order chi connectivity index (χ1) is 5.61. The second kappa shape index (κ2) is 5.54. The van der Waals surface area contributed by atoms with Crippen molar-refractivity contribution in [2.24, 2.45) is 0 Å². The van der Waals surface area contributed by atoms with Crippen molar-refractivity contribution in [2.75, 3.05) is 13.2 Å². The number of amides is 1. The largest absolute Gasteiger partial charge is 0.464 e. The van der Waals surface area contributed by atoms with Crippen molar-refractivity contribution >= 4 is 11.9 Å². The topological polar surface area (TPSA) is 75.6 Å². The van der Waals surface area contributed by atoms with E-state index in [-0.39, 0.29) is 12.5 Å². The molecule has 0 aliphatic heterocycles. The first kappa shape index (κ1) is 10.9. The van der Waals surface area contributed by atoms with Gasteiger partial charge in [-0.15, -0.1) is 0 Å². The molecular formula is C7H13NO4. The van der Waals surface area contributed by atoms with Crippen molar-refractivity contribution in [1.82, 2.24) is 5.32 Å². The number of nitrogens with one attached hydrogen (secondary N) is 1. The summed E-state index contributed by atoms with van der Waals surface area (Å²) in [6, 6.07) is -0.942. The lowest BCUT2D eigenvalue weighted by atomic mass is 10.3. The molecular weight excluding hydrogens is 162 g/mol. The third kappa shape index (κ3) is 3.92. The number of carbonyl (C=O) groups is 2. The summed E-state index contributed by atoms with van der Waals surface area (Å²) in [5.74, 6) is -0.989. The Morgan fingerprint density at radius 3 is 2.50 bits per heavy atom. The highest BCUT2D eigenvalue weighted by atomic mass is 16.5. The van der Waals surface area contributed by atoms with Crippen LogP contribution in [0.2, 0.25) is 0 Å². The number of rotatable bonds is 4. The Kier molecular flexibility index (Phi) is 5.03. The summed E-state index contributed by atoms with van der Waals surface area (Å²) in [6.45, 7) is 2.70. The Bertz CT molecular complexity index is 169. The van der Waals surface area contributed by atoms with E-state index in [1.54, 1.807) is 6.92 Å². The molecule has 0 aromatic heterocycles. The van der Waals surface area contributed by atoms with Gasteiger partial charge in [-0.3, -0.25) is 4.79 Å². The van der Waals surface area contributed by atoms with E-state index in [2.05, 4.69) is 10.1 Å². The van der Waals surface area contributed by atoms with Crippen molar-refractivity contribution in [3.05, 3.63) is 0 Å². The molecule has 0 bridgehead atoms. The van der Waals surface area contributed by atoms with Gasteiger partial charge < -0.3 is 15.2 Å². The zero-order valence-electron chi connectivity index (χ0n) is 7.16. The normalized spacial score (nSPS) is 11.9. The van der Waals surface area contributed by atoms with E-state index < -0.39 is 18.6 Å². The minimum Gasteiger partial charge on any atom is -0.464 e. The van der Waals surface area contributed by atoms with E-state index in [0.717, 1.165) is 0 Å². The van der Waals surface area contributed by atoms with Crippen molar-refractivity contribution < 1.29 is 19.4 Å². The van der Waals surface area contributed by atoms with Crippen LogP contribution in [0, 0.1) is 0 Å². The minimum absolute atomic E-state index is 0.231. The van der Waals surface area contributed by atoms with Crippen molar-refractivity contribution in [2.45, 2.75) is 19.9 Å². The van der Waals surface area contributed by atoms with Gasteiger partial charge in [0.2, 0.25) is 5.91 Å². The number of ether oxygens (including phenoxy) is 1. The maximum absolute atomic E-state index is 10.9. The Hall–Kier alpha value is -1.10. The average molecular weight is 175 g/mol. The van der Waals surface area contributed by atoms with Gasteiger partial charge in [0, 0.05) is 6.92 Å². The fourth-order valence-corrected chi connectivity index (χ4v) is 0.667. The molecule has 0 fully saturated rings. The van der Waals surface area contributed by atoms with E-state index in [9.17, 15) is 9.59 Å². The van der Waals surface area contributed by atoms with Crippen LogP contribution in [-0.2, 0) is 14.3 Å². The Morgan fingerprint density at radius 2 is 2.17 bits per heavy atom. The first-order valence-electron chi connectivity index (χ1n) is 3.66. The van der Waals surface area contributed by atoms with Gasteiger partial charge in [0.25, 0.3) is 0 Å². The Morgan fingerprint density at radius 1 is 1.58 bits per heavy atom. The standard InChI is InChI=1S/C7H13NO4/c1-3-12-7(11)6(4-9)8-5(2)10/h6,9H,3-4H2,1-2H3,(H,8,10)/t6-/m0/s1. The summed E-state index contributed by atoms with van der Waals surface area (Å²) in [6.07, 6.45) is 0. The summed E-state index contributed by atoms with van der Waals surface area (Å²) in [5, 5.41) is 10.9. The number of aliphatic hydroxyl groups excluding tert-OH is 1. The number of esters is 1. The van der Waals surface area contributed by atoms with Gasteiger partial charge in [-0.05, 0) is 6.92 Å². The second-order valence-electron chi connectivity index (χ2n) is 2.19. The molecule has 1 atom stereocenters. The predicted molar refractivity (Wildman–Crippen MR) is 41.3 cm³/mol. The lowest BCUT2D eigenvalue weighted by Gasteiger charge is -2.12. The van der Waals surface area contributed by atoms with Crippen LogP contribution >= 0.6 is 0 Å². The minimum atomic E-state index is -0.942. The monoisotopic (exact) mass is 175 g/mol. The molecule has 0 aliphatic rings. The number of carbonyl (C=O) groups excluding carboxylic acids is 2. The molecule has 0 aliphatic carbocycles. The quantitative estimate of drug-likeness (QED) is 0.540. The van der Waals surface area contributed by atoms with E-state index >= 15 is 0 Å². The highest BCUT2D eigenvalue weighted by molar-refractivity contribution is 5.83. The van der Waals surface area contributed by atoms with Gasteiger partial charge >= 0.3 is 5.97 Å². The molecule has 1 amide bonds. The molecule has 0 saturated heterocycles. The molecule has 0 radical (unpaired) electrons. The van der Waals surface area contributed by atoms with Crippen LogP contribution in [0.5, 0.6) is 0 Å². The van der Waals surface area contributed by atoms with Gasteiger partial charge in [-0.25, -0.2) is 4.79 Å². The molecule has 12 heavy (non-hydrogen) atoms. The van der Waals surface area contributed by atoms with Crippen molar-refractivity contribution in [3.8, 4) is 0 Å². The summed E-state index contributed by atoms with van der Waals surface area (Å²) in [5.41, 5.74) is 0. The van der Waals surface area contributed by atoms with Crippen LogP contribution in [0.15, 0.2) is 0 Å². The molecule has 0 saturated carbocycles. The third-order valence-electron chi connectivity index (χ3n) is 1.13. The maximum atomic E-state index is 10.9. The van der Waals surface area contributed by atoms with Crippen molar-refractivity contribution in [3.63, 3.8) is 0 Å². The molecule has 0 rings (SSSR count). The predicted octanol–water partition coefficient (Wildman–Crippen LogP) is -0.954. The highest BCUT2D eigenvalue weighted by Crippen LogP contribution is 1.87. The van der Waals surface area contributed by atoms with E-state index in [1.165, 1.54) is 6.92 Å². The molecule has 0 unspecified atom stereocenters. The van der Waals surface area contributed by atoms with Gasteiger partial charge in [-0.1, -0.05) is 0 Å². The molecule has 0 aromatic rings. The second-order valence-corrected chi connectivity index (χ2v) is 2.19. The summed E-state index contributed by atoms with van der Waals surface area (Å²) < 4.78 is 4.58.